The number of carbonyl (C=O) groups excluding carboxylic acids is 2. The van der Waals surface area contributed by atoms with Crippen LogP contribution in [0.25, 0.3) is 0 Å². The van der Waals surface area contributed by atoms with Crippen LogP contribution in [-0.2, 0) is 25.7 Å². The SMILES string of the molecule is COC(C)(CC=O)C(=O)OCc1ccccc1. The van der Waals surface area contributed by atoms with Crippen molar-refractivity contribution in [3.05, 3.63) is 35.9 Å². The third kappa shape index (κ3) is 3.67. The zero-order valence-corrected chi connectivity index (χ0v) is 10.0. The molecule has 0 aliphatic heterocycles. The van der Waals surface area contributed by atoms with Crippen LogP contribution in [0.5, 0.6) is 0 Å². The molecule has 4 nitrogen and oxygen atoms in total. The second-order valence-corrected chi connectivity index (χ2v) is 3.87. The molecule has 0 saturated carbocycles. The van der Waals surface area contributed by atoms with Crippen LogP contribution >= 0.6 is 0 Å². The summed E-state index contributed by atoms with van der Waals surface area (Å²) in [6.07, 6.45) is 0.629. The molecular weight excluding hydrogens is 220 g/mol. The van der Waals surface area contributed by atoms with Crippen LogP contribution in [0.4, 0.5) is 0 Å². The fourth-order valence-electron chi connectivity index (χ4n) is 1.28. The van der Waals surface area contributed by atoms with E-state index in [9.17, 15) is 9.59 Å². The molecule has 0 radical (unpaired) electrons. The minimum absolute atomic E-state index is 0.0167. The van der Waals surface area contributed by atoms with Gasteiger partial charge in [-0.05, 0) is 12.5 Å². The number of ether oxygens (including phenoxy) is 2. The number of carbonyl (C=O) groups is 2. The van der Waals surface area contributed by atoms with E-state index in [1.165, 1.54) is 14.0 Å². The first kappa shape index (κ1) is 13.4. The van der Waals surface area contributed by atoms with Crippen molar-refractivity contribution in [1.29, 1.82) is 0 Å². The van der Waals surface area contributed by atoms with E-state index in [0.29, 0.717) is 6.29 Å². The van der Waals surface area contributed by atoms with Crippen LogP contribution in [-0.4, -0.2) is 25.0 Å². The summed E-state index contributed by atoms with van der Waals surface area (Å²) in [4.78, 5) is 22.2. The van der Waals surface area contributed by atoms with Gasteiger partial charge >= 0.3 is 5.97 Å². The molecule has 0 aliphatic carbocycles. The molecule has 92 valence electrons. The van der Waals surface area contributed by atoms with Gasteiger partial charge in [-0.2, -0.15) is 0 Å². The van der Waals surface area contributed by atoms with Gasteiger partial charge in [-0.1, -0.05) is 30.3 Å². The molecule has 0 bridgehead atoms. The first-order chi connectivity index (χ1) is 8.12. The van der Waals surface area contributed by atoms with Gasteiger partial charge in [0.15, 0.2) is 5.60 Å². The molecule has 0 aromatic heterocycles. The monoisotopic (exact) mass is 236 g/mol. The number of benzene rings is 1. The highest BCUT2D eigenvalue weighted by molar-refractivity contribution is 5.82. The molecule has 1 unspecified atom stereocenters. The van der Waals surface area contributed by atoms with E-state index < -0.39 is 11.6 Å². The zero-order valence-electron chi connectivity index (χ0n) is 10.0. The van der Waals surface area contributed by atoms with Gasteiger partial charge in [-0.15, -0.1) is 0 Å². The summed E-state index contributed by atoms with van der Waals surface area (Å²) in [6.45, 7) is 1.71. The number of esters is 1. The number of aldehydes is 1. The van der Waals surface area contributed by atoms with E-state index in [2.05, 4.69) is 0 Å². The maximum absolute atomic E-state index is 11.8. The molecule has 1 atom stereocenters. The van der Waals surface area contributed by atoms with E-state index in [-0.39, 0.29) is 13.0 Å². The molecule has 0 spiro atoms. The predicted molar refractivity (Wildman–Crippen MR) is 62.3 cm³/mol. The highest BCUT2D eigenvalue weighted by Gasteiger charge is 2.34. The number of hydrogen-bond donors (Lipinski definition) is 0. The Labute approximate surface area is 101 Å². The van der Waals surface area contributed by atoms with Crippen LogP contribution in [0.3, 0.4) is 0 Å². The van der Waals surface area contributed by atoms with Gasteiger partial charge in [0, 0.05) is 13.5 Å². The lowest BCUT2D eigenvalue weighted by Crippen LogP contribution is -2.39. The standard InChI is InChI=1S/C13H16O4/c1-13(16-2,8-9-14)12(15)17-10-11-6-4-3-5-7-11/h3-7,9H,8,10H2,1-2H3. The molecule has 0 heterocycles. The van der Waals surface area contributed by atoms with Crippen LogP contribution in [0.15, 0.2) is 30.3 Å². The Morgan fingerprint density at radius 3 is 2.53 bits per heavy atom. The summed E-state index contributed by atoms with van der Waals surface area (Å²) in [5.41, 5.74) is -0.304. The van der Waals surface area contributed by atoms with E-state index in [4.69, 9.17) is 9.47 Å². The Morgan fingerprint density at radius 1 is 1.35 bits per heavy atom. The van der Waals surface area contributed by atoms with Crippen molar-refractivity contribution in [1.82, 2.24) is 0 Å². The number of hydrogen-bond acceptors (Lipinski definition) is 4. The van der Waals surface area contributed by atoms with Gasteiger partial charge in [0.05, 0.1) is 0 Å². The Kier molecular flexibility index (Phi) is 4.84. The molecule has 17 heavy (non-hydrogen) atoms. The number of methoxy groups -OCH3 is 1. The zero-order chi connectivity index (χ0) is 12.7. The fraction of sp³-hybridized carbons (Fsp3) is 0.385. The molecule has 1 rings (SSSR count). The average molecular weight is 236 g/mol. The molecule has 1 aromatic carbocycles. The number of rotatable bonds is 6. The van der Waals surface area contributed by atoms with Gasteiger partial charge in [0.1, 0.15) is 12.9 Å². The van der Waals surface area contributed by atoms with E-state index in [1.807, 2.05) is 30.3 Å². The highest BCUT2D eigenvalue weighted by atomic mass is 16.6. The van der Waals surface area contributed by atoms with Gasteiger partial charge in [-0.3, -0.25) is 0 Å². The second-order valence-electron chi connectivity index (χ2n) is 3.87. The third-order valence-corrected chi connectivity index (χ3v) is 2.57. The van der Waals surface area contributed by atoms with Crippen LogP contribution in [0, 0.1) is 0 Å². The minimum atomic E-state index is -1.20. The third-order valence-electron chi connectivity index (χ3n) is 2.57. The van der Waals surface area contributed by atoms with Gasteiger partial charge < -0.3 is 14.3 Å². The summed E-state index contributed by atoms with van der Waals surface area (Å²) < 4.78 is 10.1. The first-order valence-corrected chi connectivity index (χ1v) is 5.32. The van der Waals surface area contributed by atoms with Crippen LogP contribution in [0.1, 0.15) is 18.9 Å². The quantitative estimate of drug-likeness (QED) is 0.557. The minimum Gasteiger partial charge on any atom is -0.459 e. The Hall–Kier alpha value is -1.68. The smallest absolute Gasteiger partial charge is 0.338 e. The van der Waals surface area contributed by atoms with E-state index in [1.54, 1.807) is 0 Å². The normalized spacial score (nSPS) is 13.8. The topological polar surface area (TPSA) is 52.6 Å². The van der Waals surface area contributed by atoms with Crippen molar-refractivity contribution in [2.75, 3.05) is 7.11 Å². The summed E-state index contributed by atoms with van der Waals surface area (Å²) in [6, 6.07) is 9.33. The van der Waals surface area contributed by atoms with Crippen molar-refractivity contribution in [3.63, 3.8) is 0 Å². The molecule has 1 aromatic rings. The Balaban J connectivity index is 2.57. The maximum atomic E-state index is 11.8. The molecule has 0 amide bonds. The van der Waals surface area contributed by atoms with E-state index >= 15 is 0 Å². The lowest BCUT2D eigenvalue weighted by molar-refractivity contribution is -0.169. The largest absolute Gasteiger partial charge is 0.459 e. The van der Waals surface area contributed by atoms with Crippen molar-refractivity contribution >= 4 is 12.3 Å². The highest BCUT2D eigenvalue weighted by Crippen LogP contribution is 2.16. The molecule has 0 aliphatic rings. The van der Waals surface area contributed by atoms with Crippen molar-refractivity contribution in [2.24, 2.45) is 0 Å². The van der Waals surface area contributed by atoms with Crippen molar-refractivity contribution < 1.29 is 19.1 Å². The molecule has 0 fully saturated rings. The maximum Gasteiger partial charge on any atom is 0.338 e. The molecule has 0 N–H and O–H groups in total. The Bertz CT molecular complexity index is 374. The average Bonchev–Trinajstić information content (AvgIpc) is 2.37. The molecular formula is C13H16O4. The summed E-state index contributed by atoms with van der Waals surface area (Å²) >= 11 is 0. The van der Waals surface area contributed by atoms with Gasteiger partial charge in [0.25, 0.3) is 0 Å². The van der Waals surface area contributed by atoms with Crippen LogP contribution < -0.4 is 0 Å². The first-order valence-electron chi connectivity index (χ1n) is 5.32. The van der Waals surface area contributed by atoms with Gasteiger partial charge in [0.2, 0.25) is 0 Å². The fourth-order valence-corrected chi connectivity index (χ4v) is 1.28. The Morgan fingerprint density at radius 2 is 2.00 bits per heavy atom. The lowest BCUT2D eigenvalue weighted by atomic mass is 10.0. The summed E-state index contributed by atoms with van der Waals surface area (Å²) in [5.74, 6) is -0.532. The van der Waals surface area contributed by atoms with Crippen molar-refractivity contribution in [3.8, 4) is 0 Å². The van der Waals surface area contributed by atoms with Crippen molar-refractivity contribution in [2.45, 2.75) is 25.6 Å². The van der Waals surface area contributed by atoms with Gasteiger partial charge in [-0.25, -0.2) is 4.79 Å². The predicted octanol–water partition coefficient (Wildman–Crippen LogP) is 1.72. The second kappa shape index (κ2) is 6.15. The summed E-state index contributed by atoms with van der Waals surface area (Å²) in [5, 5.41) is 0. The van der Waals surface area contributed by atoms with E-state index in [0.717, 1.165) is 5.56 Å². The van der Waals surface area contributed by atoms with Crippen LogP contribution in [0.2, 0.25) is 0 Å². The molecule has 4 heteroatoms. The molecule has 0 saturated heterocycles. The summed E-state index contributed by atoms with van der Waals surface area (Å²) in [7, 11) is 1.38. The lowest BCUT2D eigenvalue weighted by Gasteiger charge is -2.23.